The van der Waals surface area contributed by atoms with Crippen molar-refractivity contribution in [2.24, 2.45) is 5.92 Å². The van der Waals surface area contributed by atoms with Crippen LogP contribution in [0.15, 0.2) is 18.2 Å². The Bertz CT molecular complexity index is 439. The van der Waals surface area contributed by atoms with Crippen LogP contribution in [0.25, 0.3) is 0 Å². The van der Waals surface area contributed by atoms with Gasteiger partial charge in [-0.05, 0) is 44.1 Å². The van der Waals surface area contributed by atoms with Crippen molar-refractivity contribution in [3.63, 3.8) is 0 Å². The Morgan fingerprint density at radius 2 is 2.41 bits per heavy atom. The van der Waals surface area contributed by atoms with Crippen LogP contribution in [0.3, 0.4) is 0 Å². The number of halogens is 1. The molecule has 1 N–H and O–H groups in total. The molecule has 0 bridgehead atoms. The first-order chi connectivity index (χ1) is 8.19. The van der Waals surface area contributed by atoms with Gasteiger partial charge in [0.2, 0.25) is 0 Å². The highest BCUT2D eigenvalue weighted by Gasteiger charge is 2.19. The summed E-state index contributed by atoms with van der Waals surface area (Å²) >= 11 is 5.93. The first-order valence-electron chi connectivity index (χ1n) is 5.81. The number of hydrogen-bond donors (Lipinski definition) is 1. The molecule has 0 aromatic heterocycles. The van der Waals surface area contributed by atoms with Crippen LogP contribution in [-0.4, -0.2) is 31.6 Å². The lowest BCUT2D eigenvalue weighted by Gasteiger charge is -2.13. The van der Waals surface area contributed by atoms with Gasteiger partial charge in [0.15, 0.2) is 0 Å². The summed E-state index contributed by atoms with van der Waals surface area (Å²) in [5.41, 5.74) is 1.50. The van der Waals surface area contributed by atoms with Gasteiger partial charge in [-0.1, -0.05) is 11.6 Å². The normalized spacial score (nSPS) is 20.2. The zero-order chi connectivity index (χ0) is 12.3. The second-order valence-electron chi connectivity index (χ2n) is 4.60. The van der Waals surface area contributed by atoms with Gasteiger partial charge in [-0.2, -0.15) is 5.26 Å². The van der Waals surface area contributed by atoms with Crippen LogP contribution in [0, 0.1) is 17.2 Å². The van der Waals surface area contributed by atoms with E-state index < -0.39 is 0 Å². The molecular formula is C13H16ClN3. The van der Waals surface area contributed by atoms with Crippen LogP contribution in [-0.2, 0) is 0 Å². The van der Waals surface area contributed by atoms with Crippen molar-refractivity contribution < 1.29 is 0 Å². The summed E-state index contributed by atoms with van der Waals surface area (Å²) in [6, 6.07) is 7.49. The summed E-state index contributed by atoms with van der Waals surface area (Å²) in [7, 11) is 2.14. The number of likely N-dealkylation sites (tertiary alicyclic amines) is 1. The Kier molecular flexibility index (Phi) is 3.88. The van der Waals surface area contributed by atoms with Gasteiger partial charge in [0.25, 0.3) is 0 Å². The van der Waals surface area contributed by atoms with Gasteiger partial charge in [0.05, 0.1) is 11.3 Å². The monoisotopic (exact) mass is 249 g/mol. The number of benzene rings is 1. The maximum Gasteiger partial charge on any atom is 0.101 e. The van der Waals surface area contributed by atoms with E-state index in [1.807, 2.05) is 6.07 Å². The summed E-state index contributed by atoms with van der Waals surface area (Å²) in [4.78, 5) is 2.33. The number of hydrogen-bond acceptors (Lipinski definition) is 3. The molecule has 4 heteroatoms. The summed E-state index contributed by atoms with van der Waals surface area (Å²) in [6.07, 6.45) is 1.21. The van der Waals surface area contributed by atoms with Gasteiger partial charge in [0, 0.05) is 18.1 Å². The van der Waals surface area contributed by atoms with Crippen LogP contribution in [0.5, 0.6) is 0 Å². The third-order valence-electron chi connectivity index (χ3n) is 3.17. The summed E-state index contributed by atoms with van der Waals surface area (Å²) in [6.45, 7) is 3.18. The van der Waals surface area contributed by atoms with E-state index >= 15 is 0 Å². The maximum absolute atomic E-state index is 9.00. The second-order valence-corrected chi connectivity index (χ2v) is 5.04. The van der Waals surface area contributed by atoms with Crippen LogP contribution in [0.2, 0.25) is 5.02 Å². The fourth-order valence-corrected chi connectivity index (χ4v) is 2.38. The lowest BCUT2D eigenvalue weighted by molar-refractivity contribution is 0.399. The molecule has 1 aromatic carbocycles. The first-order valence-corrected chi connectivity index (χ1v) is 6.19. The van der Waals surface area contributed by atoms with Crippen molar-refractivity contribution in [2.75, 3.05) is 32.0 Å². The van der Waals surface area contributed by atoms with Gasteiger partial charge in [-0.25, -0.2) is 0 Å². The standard InChI is InChI=1S/C13H16ClN3/c1-17-5-4-10(9-17)8-16-13-6-12(14)3-2-11(13)7-15/h2-3,6,10,16H,4-5,8-9H2,1H3. The Morgan fingerprint density at radius 1 is 1.59 bits per heavy atom. The molecule has 1 heterocycles. The largest absolute Gasteiger partial charge is 0.384 e. The second kappa shape index (κ2) is 5.39. The Labute approximate surface area is 107 Å². The van der Waals surface area contributed by atoms with Crippen molar-refractivity contribution >= 4 is 17.3 Å². The van der Waals surface area contributed by atoms with E-state index in [0.717, 1.165) is 25.3 Å². The fraction of sp³-hybridized carbons (Fsp3) is 0.462. The van der Waals surface area contributed by atoms with E-state index in [1.165, 1.54) is 6.42 Å². The lowest BCUT2D eigenvalue weighted by atomic mass is 10.1. The average molecular weight is 250 g/mol. The lowest BCUT2D eigenvalue weighted by Crippen LogP contribution is -2.19. The zero-order valence-electron chi connectivity index (χ0n) is 9.91. The third-order valence-corrected chi connectivity index (χ3v) is 3.41. The molecule has 1 aliphatic rings. The van der Waals surface area contributed by atoms with Crippen LogP contribution in [0.4, 0.5) is 5.69 Å². The van der Waals surface area contributed by atoms with E-state index in [-0.39, 0.29) is 0 Å². The molecule has 1 atom stereocenters. The van der Waals surface area contributed by atoms with Gasteiger partial charge in [-0.3, -0.25) is 0 Å². The number of nitriles is 1. The molecule has 1 saturated heterocycles. The van der Waals surface area contributed by atoms with E-state index in [1.54, 1.807) is 12.1 Å². The predicted octanol–water partition coefficient (Wildman–Crippen LogP) is 2.58. The van der Waals surface area contributed by atoms with Crippen LogP contribution in [0.1, 0.15) is 12.0 Å². The van der Waals surface area contributed by atoms with Crippen molar-refractivity contribution in [1.29, 1.82) is 5.26 Å². The van der Waals surface area contributed by atoms with Crippen LogP contribution >= 0.6 is 11.6 Å². The smallest absolute Gasteiger partial charge is 0.101 e. The van der Waals surface area contributed by atoms with Crippen molar-refractivity contribution in [3.8, 4) is 6.07 Å². The molecule has 17 heavy (non-hydrogen) atoms. The number of nitrogens with zero attached hydrogens (tertiary/aromatic N) is 2. The van der Waals surface area contributed by atoms with Gasteiger partial charge in [-0.15, -0.1) is 0 Å². The predicted molar refractivity (Wildman–Crippen MR) is 70.3 cm³/mol. The summed E-state index contributed by atoms with van der Waals surface area (Å²) in [5, 5.41) is 13.0. The van der Waals surface area contributed by atoms with Gasteiger partial charge >= 0.3 is 0 Å². The third kappa shape index (κ3) is 3.12. The number of anilines is 1. The van der Waals surface area contributed by atoms with E-state index in [9.17, 15) is 0 Å². The number of rotatable bonds is 3. The molecule has 1 aliphatic heterocycles. The van der Waals surface area contributed by atoms with Gasteiger partial charge < -0.3 is 10.2 Å². The van der Waals surface area contributed by atoms with E-state index in [4.69, 9.17) is 16.9 Å². The molecular weight excluding hydrogens is 234 g/mol. The van der Waals surface area contributed by atoms with Gasteiger partial charge in [0.1, 0.15) is 6.07 Å². The molecule has 90 valence electrons. The van der Waals surface area contributed by atoms with Crippen LogP contribution < -0.4 is 5.32 Å². The average Bonchev–Trinajstić information content (AvgIpc) is 2.73. The Hall–Kier alpha value is -1.24. The molecule has 1 fully saturated rings. The quantitative estimate of drug-likeness (QED) is 0.895. The minimum atomic E-state index is 0.653. The van der Waals surface area contributed by atoms with Crippen molar-refractivity contribution in [1.82, 2.24) is 4.90 Å². The molecule has 1 unspecified atom stereocenters. The highest BCUT2D eigenvalue weighted by Crippen LogP contribution is 2.22. The highest BCUT2D eigenvalue weighted by molar-refractivity contribution is 6.30. The summed E-state index contributed by atoms with van der Waals surface area (Å²) < 4.78 is 0. The minimum Gasteiger partial charge on any atom is -0.384 e. The number of nitrogens with one attached hydrogen (secondary N) is 1. The topological polar surface area (TPSA) is 39.1 Å². The Morgan fingerprint density at radius 3 is 3.06 bits per heavy atom. The SMILES string of the molecule is CN1CCC(CNc2cc(Cl)ccc2C#N)C1. The fourth-order valence-electron chi connectivity index (χ4n) is 2.21. The molecule has 0 radical (unpaired) electrons. The molecule has 0 aliphatic carbocycles. The first kappa shape index (κ1) is 12.2. The molecule has 2 rings (SSSR count). The van der Waals surface area contributed by atoms with E-state index in [0.29, 0.717) is 16.5 Å². The maximum atomic E-state index is 9.00. The zero-order valence-corrected chi connectivity index (χ0v) is 10.7. The van der Waals surface area contributed by atoms with E-state index in [2.05, 4.69) is 23.3 Å². The Balaban J connectivity index is 1.99. The molecule has 0 saturated carbocycles. The molecule has 3 nitrogen and oxygen atoms in total. The van der Waals surface area contributed by atoms with Crippen molar-refractivity contribution in [2.45, 2.75) is 6.42 Å². The summed E-state index contributed by atoms with van der Waals surface area (Å²) in [5.74, 6) is 0.658. The van der Waals surface area contributed by atoms with Crippen molar-refractivity contribution in [3.05, 3.63) is 28.8 Å². The molecule has 0 amide bonds. The molecule has 0 spiro atoms. The highest BCUT2D eigenvalue weighted by atomic mass is 35.5. The molecule has 1 aromatic rings. The minimum absolute atomic E-state index is 0.653.